The summed E-state index contributed by atoms with van der Waals surface area (Å²) in [6.45, 7) is 0.177. The van der Waals surface area contributed by atoms with Gasteiger partial charge in [-0.1, -0.05) is 41.9 Å². The van der Waals surface area contributed by atoms with E-state index in [1.54, 1.807) is 4.57 Å². The van der Waals surface area contributed by atoms with Crippen molar-refractivity contribution in [1.82, 2.24) is 15.2 Å². The molecular weight excluding hydrogens is 409 g/mol. The van der Waals surface area contributed by atoms with Crippen molar-refractivity contribution in [1.29, 1.82) is 0 Å². The predicted octanol–water partition coefficient (Wildman–Crippen LogP) is 3.88. The summed E-state index contributed by atoms with van der Waals surface area (Å²) in [6.07, 6.45) is 1.71. The molecule has 0 fully saturated rings. The summed E-state index contributed by atoms with van der Waals surface area (Å²) >= 11 is 6.26. The van der Waals surface area contributed by atoms with Crippen LogP contribution in [0.3, 0.4) is 0 Å². The largest absolute Gasteiger partial charge is 0.480 e. The summed E-state index contributed by atoms with van der Waals surface area (Å²) in [5.74, 6) is -1.46. The lowest BCUT2D eigenvalue weighted by Gasteiger charge is -2.25. The van der Waals surface area contributed by atoms with Crippen LogP contribution in [0, 0.1) is 5.82 Å². The van der Waals surface area contributed by atoms with E-state index in [0.717, 1.165) is 16.8 Å². The zero-order valence-electron chi connectivity index (χ0n) is 16.1. The molecule has 2 aromatic carbocycles. The van der Waals surface area contributed by atoms with Crippen molar-refractivity contribution in [3.63, 3.8) is 0 Å². The molecule has 0 saturated heterocycles. The molecule has 0 bridgehead atoms. The minimum Gasteiger partial charge on any atom is -0.480 e. The highest BCUT2D eigenvalue weighted by molar-refractivity contribution is 6.35. The van der Waals surface area contributed by atoms with Crippen LogP contribution in [0.4, 0.5) is 9.18 Å². The van der Waals surface area contributed by atoms with Gasteiger partial charge in [-0.2, -0.15) is 0 Å². The van der Waals surface area contributed by atoms with Gasteiger partial charge >= 0.3 is 12.0 Å². The Balaban J connectivity index is 1.54. The third-order valence-electron chi connectivity index (χ3n) is 5.40. The van der Waals surface area contributed by atoms with Crippen LogP contribution in [0.2, 0.25) is 5.02 Å². The third-order valence-corrected chi connectivity index (χ3v) is 5.69. The number of halogens is 2. The van der Waals surface area contributed by atoms with Gasteiger partial charge in [0.05, 0.1) is 10.5 Å². The van der Waals surface area contributed by atoms with Crippen molar-refractivity contribution in [2.45, 2.75) is 38.4 Å². The van der Waals surface area contributed by atoms with E-state index in [-0.39, 0.29) is 23.6 Å². The highest BCUT2D eigenvalue weighted by atomic mass is 35.5. The van der Waals surface area contributed by atoms with Crippen molar-refractivity contribution in [2.75, 3.05) is 0 Å². The van der Waals surface area contributed by atoms with Crippen molar-refractivity contribution in [3.05, 3.63) is 70.1 Å². The van der Waals surface area contributed by atoms with Crippen molar-refractivity contribution < 1.29 is 19.1 Å². The SMILES string of the molecule is O=C(O)Cn1c2c(c3cc(F)cc(Cl)c31)CC(NC(=O)NCc1ccccc1)CC2. The molecule has 1 aliphatic rings. The molecule has 6 nitrogen and oxygen atoms in total. The number of urea groups is 1. The van der Waals surface area contributed by atoms with Crippen LogP contribution in [0.15, 0.2) is 42.5 Å². The first-order chi connectivity index (χ1) is 14.4. The topological polar surface area (TPSA) is 83.4 Å². The molecule has 0 aliphatic heterocycles. The Hall–Kier alpha value is -3.06. The molecule has 1 unspecified atom stereocenters. The van der Waals surface area contributed by atoms with Crippen LogP contribution < -0.4 is 10.6 Å². The van der Waals surface area contributed by atoms with E-state index in [1.165, 1.54) is 12.1 Å². The number of nitrogens with zero attached hydrogens (tertiary/aromatic N) is 1. The number of carboxylic acid groups (broad SMARTS) is 1. The maximum Gasteiger partial charge on any atom is 0.323 e. The Kier molecular flexibility index (Phi) is 5.63. The van der Waals surface area contributed by atoms with Crippen molar-refractivity contribution in [2.24, 2.45) is 0 Å². The monoisotopic (exact) mass is 429 g/mol. The molecule has 0 saturated carbocycles. The average molecular weight is 430 g/mol. The van der Waals surface area contributed by atoms with Gasteiger partial charge in [0.1, 0.15) is 12.4 Å². The molecule has 2 amide bonds. The Morgan fingerprint density at radius 2 is 2.00 bits per heavy atom. The number of amides is 2. The minimum absolute atomic E-state index is 0.140. The zero-order valence-corrected chi connectivity index (χ0v) is 16.9. The quantitative estimate of drug-likeness (QED) is 0.575. The van der Waals surface area contributed by atoms with Crippen molar-refractivity contribution >= 4 is 34.5 Å². The lowest BCUT2D eigenvalue weighted by molar-refractivity contribution is -0.137. The fourth-order valence-electron chi connectivity index (χ4n) is 4.14. The fraction of sp³-hybridized carbons (Fsp3) is 0.273. The van der Waals surface area contributed by atoms with Gasteiger partial charge in [0, 0.05) is 23.7 Å². The van der Waals surface area contributed by atoms with Crippen LogP contribution in [0.1, 0.15) is 23.2 Å². The average Bonchev–Trinajstić information content (AvgIpc) is 3.00. The summed E-state index contributed by atoms with van der Waals surface area (Å²) in [5.41, 5.74) is 3.20. The molecule has 3 N–H and O–H groups in total. The molecule has 30 heavy (non-hydrogen) atoms. The number of carbonyl (C=O) groups is 2. The number of fused-ring (bicyclic) bond motifs is 3. The molecule has 1 aliphatic carbocycles. The first kappa shape index (κ1) is 20.2. The van der Waals surface area contributed by atoms with Crippen molar-refractivity contribution in [3.8, 4) is 0 Å². The lowest BCUT2D eigenvalue weighted by Crippen LogP contribution is -2.44. The van der Waals surface area contributed by atoms with E-state index < -0.39 is 11.8 Å². The Labute approximate surface area is 177 Å². The number of aliphatic carboxylic acids is 1. The maximum absolute atomic E-state index is 14.0. The molecule has 156 valence electrons. The highest BCUT2D eigenvalue weighted by Crippen LogP contribution is 2.36. The number of aromatic nitrogens is 1. The standard InChI is InChI=1S/C22H21ClFN3O3/c23-18-9-14(24)8-17-16-10-15(6-7-19(16)27(21(17)18)12-20(28)29)26-22(30)25-11-13-4-2-1-3-5-13/h1-5,8-9,15H,6-7,10-12H2,(H,28,29)(H2,25,26,30). The van der Waals surface area contributed by atoms with Crippen LogP contribution >= 0.6 is 11.6 Å². The number of hydrogen-bond acceptors (Lipinski definition) is 2. The van der Waals surface area contributed by atoms with E-state index in [0.29, 0.717) is 36.7 Å². The second-order valence-corrected chi connectivity index (χ2v) is 7.85. The molecule has 0 radical (unpaired) electrons. The summed E-state index contributed by atoms with van der Waals surface area (Å²) < 4.78 is 15.7. The first-order valence-electron chi connectivity index (χ1n) is 9.71. The van der Waals surface area contributed by atoms with Crippen LogP contribution in [0.5, 0.6) is 0 Å². The smallest absolute Gasteiger partial charge is 0.323 e. The molecule has 1 aromatic heterocycles. The maximum atomic E-state index is 14.0. The molecule has 0 spiro atoms. The van der Waals surface area contributed by atoms with Gasteiger partial charge in [-0.25, -0.2) is 9.18 Å². The van der Waals surface area contributed by atoms with E-state index in [1.807, 2.05) is 30.3 Å². The van der Waals surface area contributed by atoms with Crippen LogP contribution in [-0.2, 0) is 30.7 Å². The van der Waals surface area contributed by atoms with E-state index in [2.05, 4.69) is 10.6 Å². The van der Waals surface area contributed by atoms with E-state index in [4.69, 9.17) is 11.6 Å². The molecule has 1 atom stereocenters. The number of benzene rings is 2. The zero-order chi connectivity index (χ0) is 21.3. The van der Waals surface area contributed by atoms with Crippen LogP contribution in [0.25, 0.3) is 10.9 Å². The number of nitrogens with one attached hydrogen (secondary N) is 2. The van der Waals surface area contributed by atoms with Gasteiger partial charge in [-0.05, 0) is 42.5 Å². The number of carbonyl (C=O) groups excluding carboxylic acids is 1. The summed E-state index contributed by atoms with van der Waals surface area (Å²) in [5, 5.41) is 15.9. The van der Waals surface area contributed by atoms with Gasteiger partial charge in [-0.15, -0.1) is 0 Å². The second kappa shape index (κ2) is 8.36. The summed E-state index contributed by atoms with van der Waals surface area (Å²) in [4.78, 5) is 23.7. The van der Waals surface area contributed by atoms with E-state index in [9.17, 15) is 19.1 Å². The number of hydrogen-bond donors (Lipinski definition) is 3. The third kappa shape index (κ3) is 4.11. The Morgan fingerprint density at radius 3 is 2.73 bits per heavy atom. The molecule has 4 rings (SSSR count). The number of carboxylic acids is 1. The summed E-state index contributed by atoms with van der Waals surface area (Å²) in [6, 6.07) is 11.8. The first-order valence-corrected chi connectivity index (χ1v) is 10.1. The molecule has 1 heterocycles. The minimum atomic E-state index is -0.990. The molecule has 3 aromatic rings. The normalized spacial score (nSPS) is 15.6. The molecule has 8 heteroatoms. The van der Waals surface area contributed by atoms with Gasteiger partial charge in [0.25, 0.3) is 0 Å². The lowest BCUT2D eigenvalue weighted by atomic mass is 9.91. The Morgan fingerprint density at radius 1 is 1.23 bits per heavy atom. The fourth-order valence-corrected chi connectivity index (χ4v) is 4.45. The van der Waals surface area contributed by atoms with Gasteiger partial charge in [0.15, 0.2) is 0 Å². The predicted molar refractivity (Wildman–Crippen MR) is 112 cm³/mol. The highest BCUT2D eigenvalue weighted by Gasteiger charge is 2.28. The van der Waals surface area contributed by atoms with Crippen LogP contribution in [-0.4, -0.2) is 27.7 Å². The van der Waals surface area contributed by atoms with E-state index >= 15 is 0 Å². The van der Waals surface area contributed by atoms with Gasteiger partial charge < -0.3 is 20.3 Å². The Bertz CT molecular complexity index is 1110. The van der Waals surface area contributed by atoms with Gasteiger partial charge in [-0.3, -0.25) is 4.79 Å². The number of rotatable bonds is 5. The summed E-state index contributed by atoms with van der Waals surface area (Å²) in [7, 11) is 0. The second-order valence-electron chi connectivity index (χ2n) is 7.44. The van der Waals surface area contributed by atoms with Gasteiger partial charge in [0.2, 0.25) is 0 Å². The molecular formula is C22H21ClFN3O3.